The second kappa shape index (κ2) is 9.39. The molecule has 0 aromatic heterocycles. The van der Waals surface area contributed by atoms with Crippen molar-refractivity contribution < 1.29 is 55.7 Å². The first-order chi connectivity index (χ1) is 5.47. The zero-order valence-electron chi connectivity index (χ0n) is 8.23. The molecule has 3 heteroatoms. The van der Waals surface area contributed by atoms with Crippen LogP contribution in [0.15, 0.2) is 17.7 Å². The Morgan fingerprint density at radius 2 is 1.71 bits per heavy atom. The van der Waals surface area contributed by atoms with Crippen LogP contribution in [0.5, 0.6) is 0 Å². The summed E-state index contributed by atoms with van der Waals surface area (Å²) in [5.41, 5.74) is 1.50. The molecule has 0 atom stereocenters. The van der Waals surface area contributed by atoms with E-state index in [1.165, 1.54) is 37.7 Å². The molecular weight excluding hydrogens is 340 g/mol. The van der Waals surface area contributed by atoms with Gasteiger partial charge in [-0.2, -0.15) is 6.08 Å². The van der Waals surface area contributed by atoms with Crippen molar-refractivity contribution in [2.75, 3.05) is 0 Å². The van der Waals surface area contributed by atoms with Gasteiger partial charge in [0.15, 0.2) is 0 Å². The molecule has 0 bridgehead atoms. The fraction of sp³-hybridized carbons (Fsp3) is 0.636. The maximum atomic E-state index is 3.43. The van der Waals surface area contributed by atoms with Crippen molar-refractivity contribution in [3.8, 4) is 0 Å². The van der Waals surface area contributed by atoms with Crippen LogP contribution >= 0.6 is 0 Å². The Morgan fingerprint density at radius 1 is 1.07 bits per heavy atom. The molecule has 2 aliphatic carbocycles. The van der Waals surface area contributed by atoms with Crippen molar-refractivity contribution in [1.82, 2.24) is 0 Å². The first-order valence-electron chi connectivity index (χ1n) is 4.74. The molecule has 14 heavy (non-hydrogen) atoms. The van der Waals surface area contributed by atoms with Crippen LogP contribution in [0.3, 0.4) is 0 Å². The van der Waals surface area contributed by atoms with Gasteiger partial charge in [0.25, 0.3) is 0 Å². The Labute approximate surface area is 123 Å². The Hall–Kier alpha value is 1.15. The second-order valence-corrected chi connectivity index (χ2v) is 3.57. The first-order valence-corrected chi connectivity index (χ1v) is 4.74. The summed E-state index contributed by atoms with van der Waals surface area (Å²) >= 11 is 0. The number of hydrogen-bond donors (Lipinski definition) is 0. The molecule has 0 aromatic rings. The molecule has 2 aliphatic rings. The second-order valence-electron chi connectivity index (χ2n) is 3.57. The van der Waals surface area contributed by atoms with Gasteiger partial charge in [0.05, 0.1) is 0 Å². The molecule has 0 nitrogen and oxygen atoms in total. The third-order valence-corrected chi connectivity index (χ3v) is 2.77. The SMILES string of the molecule is [Br-].[Br-].[C-]1=C(C2CCCCC2)C=CC1.[Ti+3]. The van der Waals surface area contributed by atoms with E-state index in [9.17, 15) is 0 Å². The Kier molecular flexibility index (Phi) is 11.8. The molecular formula is C11H15Br2Ti. The third-order valence-electron chi connectivity index (χ3n) is 2.77. The fourth-order valence-electron chi connectivity index (χ4n) is 2.12. The van der Waals surface area contributed by atoms with Crippen LogP contribution in [0.2, 0.25) is 0 Å². The molecule has 0 N–H and O–H groups in total. The van der Waals surface area contributed by atoms with Crippen LogP contribution in [-0.4, -0.2) is 0 Å². The number of hydrogen-bond acceptors (Lipinski definition) is 0. The summed E-state index contributed by atoms with van der Waals surface area (Å²) in [6.45, 7) is 0. The molecule has 1 fully saturated rings. The minimum Gasteiger partial charge on any atom is -1.00 e. The smallest absolute Gasteiger partial charge is 1.00 e. The van der Waals surface area contributed by atoms with Gasteiger partial charge in [0.2, 0.25) is 0 Å². The van der Waals surface area contributed by atoms with E-state index in [1.54, 1.807) is 0 Å². The van der Waals surface area contributed by atoms with Crippen molar-refractivity contribution in [2.45, 2.75) is 38.5 Å². The van der Waals surface area contributed by atoms with Crippen molar-refractivity contribution >= 4 is 0 Å². The summed E-state index contributed by atoms with van der Waals surface area (Å²) in [6, 6.07) is 0. The minimum absolute atomic E-state index is 0. The summed E-state index contributed by atoms with van der Waals surface area (Å²) in [5, 5.41) is 0. The summed E-state index contributed by atoms with van der Waals surface area (Å²) in [5.74, 6) is 0.863. The van der Waals surface area contributed by atoms with E-state index >= 15 is 0 Å². The first kappa shape index (κ1) is 17.5. The molecule has 0 spiro atoms. The summed E-state index contributed by atoms with van der Waals surface area (Å²) < 4.78 is 0. The van der Waals surface area contributed by atoms with Gasteiger partial charge in [-0.05, 0) is 18.8 Å². The van der Waals surface area contributed by atoms with Gasteiger partial charge in [-0.1, -0.05) is 19.3 Å². The molecule has 0 aromatic carbocycles. The summed E-state index contributed by atoms with van der Waals surface area (Å²) in [6.07, 6.45) is 16.1. The fourth-order valence-corrected chi connectivity index (χ4v) is 2.12. The minimum atomic E-state index is 0. The molecule has 0 unspecified atom stereocenters. The standard InChI is InChI=1S/C11H15.2BrH.Ti/c1-2-6-10(7-3-1)11-8-4-5-9-11;;;/h4,8,10H,1-3,5-7H2;2*1H;/q-1;;;+3/p-2. The van der Waals surface area contributed by atoms with E-state index in [1.807, 2.05) is 0 Å². The van der Waals surface area contributed by atoms with Gasteiger partial charge in [0, 0.05) is 0 Å². The average molecular weight is 355 g/mol. The van der Waals surface area contributed by atoms with Crippen LogP contribution in [-0.2, 0) is 21.7 Å². The maximum Gasteiger partial charge on any atom is 3.00 e. The average Bonchev–Trinajstić information content (AvgIpc) is 2.58. The Morgan fingerprint density at radius 3 is 2.21 bits per heavy atom. The number of rotatable bonds is 1. The zero-order chi connectivity index (χ0) is 7.52. The van der Waals surface area contributed by atoms with Gasteiger partial charge < -0.3 is 34.0 Å². The van der Waals surface area contributed by atoms with Gasteiger partial charge >= 0.3 is 21.7 Å². The zero-order valence-corrected chi connectivity index (χ0v) is 13.0. The molecule has 0 amide bonds. The van der Waals surface area contributed by atoms with E-state index in [-0.39, 0.29) is 55.7 Å². The molecule has 2 rings (SSSR count). The van der Waals surface area contributed by atoms with Crippen molar-refractivity contribution in [2.24, 2.45) is 5.92 Å². The van der Waals surface area contributed by atoms with E-state index < -0.39 is 0 Å². The Balaban J connectivity index is 0. The predicted octanol–water partition coefficient (Wildman–Crippen LogP) is -2.74. The van der Waals surface area contributed by atoms with Gasteiger partial charge in [-0.15, -0.1) is 6.42 Å². The molecule has 1 saturated carbocycles. The number of allylic oxidation sites excluding steroid dienone is 4. The van der Waals surface area contributed by atoms with E-state index in [2.05, 4.69) is 18.2 Å². The van der Waals surface area contributed by atoms with Crippen LogP contribution in [0, 0.1) is 12.0 Å². The topological polar surface area (TPSA) is 0 Å². The quantitative estimate of drug-likeness (QED) is 0.354. The maximum absolute atomic E-state index is 3.43. The van der Waals surface area contributed by atoms with Gasteiger partial charge in [-0.3, -0.25) is 6.08 Å². The van der Waals surface area contributed by atoms with Crippen molar-refractivity contribution in [3.63, 3.8) is 0 Å². The Bertz CT molecular complexity index is 193. The normalized spacial score (nSPS) is 20.1. The van der Waals surface area contributed by atoms with Gasteiger partial charge in [-0.25, -0.2) is 11.6 Å². The largest absolute Gasteiger partial charge is 3.00 e. The van der Waals surface area contributed by atoms with Crippen molar-refractivity contribution in [3.05, 3.63) is 23.8 Å². The van der Waals surface area contributed by atoms with E-state index in [4.69, 9.17) is 0 Å². The summed E-state index contributed by atoms with van der Waals surface area (Å²) in [4.78, 5) is 0. The van der Waals surface area contributed by atoms with Crippen LogP contribution in [0.25, 0.3) is 0 Å². The van der Waals surface area contributed by atoms with Crippen LogP contribution in [0.4, 0.5) is 0 Å². The predicted molar refractivity (Wildman–Crippen MR) is 47.1 cm³/mol. The van der Waals surface area contributed by atoms with E-state index in [0.29, 0.717) is 0 Å². The molecule has 0 heterocycles. The molecule has 0 aliphatic heterocycles. The molecule has 77 valence electrons. The molecule has 1 radical (unpaired) electrons. The van der Waals surface area contributed by atoms with Gasteiger partial charge in [0.1, 0.15) is 0 Å². The summed E-state index contributed by atoms with van der Waals surface area (Å²) in [7, 11) is 0. The van der Waals surface area contributed by atoms with Crippen molar-refractivity contribution in [1.29, 1.82) is 0 Å². The molecule has 0 saturated heterocycles. The monoisotopic (exact) mass is 353 g/mol. The van der Waals surface area contributed by atoms with Crippen LogP contribution < -0.4 is 34.0 Å². The third kappa shape index (κ3) is 4.78. The number of halogens is 2. The van der Waals surface area contributed by atoms with Crippen LogP contribution in [0.1, 0.15) is 38.5 Å². The van der Waals surface area contributed by atoms with E-state index in [0.717, 1.165) is 12.3 Å².